The van der Waals surface area contributed by atoms with Gasteiger partial charge in [0.25, 0.3) is 0 Å². The van der Waals surface area contributed by atoms with Crippen molar-refractivity contribution in [2.24, 2.45) is 0 Å². The van der Waals surface area contributed by atoms with Crippen molar-refractivity contribution in [3.63, 3.8) is 0 Å². The van der Waals surface area contributed by atoms with Gasteiger partial charge in [-0.2, -0.15) is 5.26 Å². The average molecular weight is 319 g/mol. The molecule has 1 nitrogen and oxygen atoms in total. The molecule has 0 aliphatic carbocycles. The molecule has 0 saturated carbocycles. The first kappa shape index (κ1) is 14.8. The fourth-order valence-electron chi connectivity index (χ4n) is 1.98. The Morgan fingerprint density at radius 2 is 1.23 bits per heavy atom. The fourth-order valence-corrected chi connectivity index (χ4v) is 3.89. The Hall–Kier alpha value is -2.15. The summed E-state index contributed by atoms with van der Waals surface area (Å²) in [6.07, 6.45) is 0. The van der Waals surface area contributed by atoms with Crippen LogP contribution in [0.15, 0.2) is 98.4 Å². The largest absolute Gasteiger partial charge is 0.192 e. The first-order valence-electron chi connectivity index (χ1n) is 6.85. The standard InChI is InChI=1S/C19H13NS2/c20-14-15-11-12-18(21-16-7-3-1-4-8-16)13-19(15)22-17-9-5-2-6-10-17/h1-13H. The molecule has 0 spiro atoms. The van der Waals surface area contributed by atoms with Crippen LogP contribution >= 0.6 is 23.5 Å². The van der Waals surface area contributed by atoms with Gasteiger partial charge in [-0.25, -0.2) is 0 Å². The van der Waals surface area contributed by atoms with Crippen molar-refractivity contribution in [1.82, 2.24) is 0 Å². The Labute approximate surface area is 139 Å². The van der Waals surface area contributed by atoms with Gasteiger partial charge in [0.2, 0.25) is 0 Å². The highest BCUT2D eigenvalue weighted by Gasteiger charge is 2.07. The van der Waals surface area contributed by atoms with Crippen molar-refractivity contribution in [2.75, 3.05) is 0 Å². The molecule has 0 aliphatic heterocycles. The summed E-state index contributed by atoms with van der Waals surface area (Å²) in [7, 11) is 0. The molecule has 3 heteroatoms. The minimum atomic E-state index is 0.714. The molecule has 0 bridgehead atoms. The second-order valence-corrected chi connectivity index (χ2v) is 6.86. The van der Waals surface area contributed by atoms with Gasteiger partial charge in [-0.3, -0.25) is 0 Å². The van der Waals surface area contributed by atoms with E-state index in [0.29, 0.717) is 5.56 Å². The zero-order valence-corrected chi connectivity index (χ0v) is 13.4. The van der Waals surface area contributed by atoms with Crippen LogP contribution in [-0.2, 0) is 0 Å². The van der Waals surface area contributed by atoms with E-state index in [9.17, 15) is 5.26 Å². The van der Waals surface area contributed by atoms with E-state index >= 15 is 0 Å². The van der Waals surface area contributed by atoms with Gasteiger partial charge in [-0.15, -0.1) is 0 Å². The second-order valence-electron chi connectivity index (χ2n) is 4.60. The highest BCUT2D eigenvalue weighted by atomic mass is 32.2. The Balaban J connectivity index is 1.88. The molecule has 0 aromatic heterocycles. The lowest BCUT2D eigenvalue weighted by Gasteiger charge is -2.07. The summed E-state index contributed by atoms with van der Waals surface area (Å²) in [4.78, 5) is 4.47. The van der Waals surface area contributed by atoms with Crippen molar-refractivity contribution < 1.29 is 0 Å². The minimum absolute atomic E-state index is 0.714. The molecule has 0 atom stereocenters. The lowest BCUT2D eigenvalue weighted by atomic mass is 10.2. The van der Waals surface area contributed by atoms with Gasteiger partial charge < -0.3 is 0 Å². The van der Waals surface area contributed by atoms with Gasteiger partial charge in [0.1, 0.15) is 6.07 Å². The summed E-state index contributed by atoms with van der Waals surface area (Å²) < 4.78 is 0. The predicted molar refractivity (Wildman–Crippen MR) is 92.3 cm³/mol. The molecule has 0 fully saturated rings. The highest BCUT2D eigenvalue weighted by Crippen LogP contribution is 2.35. The van der Waals surface area contributed by atoms with Gasteiger partial charge in [0, 0.05) is 19.6 Å². The summed E-state index contributed by atoms with van der Waals surface area (Å²) >= 11 is 3.34. The average Bonchev–Trinajstić information content (AvgIpc) is 2.57. The molecular formula is C19H13NS2. The van der Waals surface area contributed by atoms with E-state index in [4.69, 9.17) is 0 Å². The molecule has 3 aromatic rings. The monoisotopic (exact) mass is 319 g/mol. The molecule has 3 aromatic carbocycles. The van der Waals surface area contributed by atoms with Crippen molar-refractivity contribution in [3.8, 4) is 6.07 Å². The zero-order chi connectivity index (χ0) is 15.2. The first-order chi connectivity index (χ1) is 10.8. The molecule has 0 aliphatic rings. The number of rotatable bonds is 4. The topological polar surface area (TPSA) is 23.8 Å². The van der Waals surface area contributed by atoms with Gasteiger partial charge in [-0.1, -0.05) is 59.9 Å². The van der Waals surface area contributed by atoms with Crippen LogP contribution in [0.5, 0.6) is 0 Å². The van der Waals surface area contributed by atoms with Crippen molar-refractivity contribution in [3.05, 3.63) is 84.4 Å². The van der Waals surface area contributed by atoms with E-state index in [-0.39, 0.29) is 0 Å². The summed E-state index contributed by atoms with van der Waals surface area (Å²) in [6, 6.07) is 28.7. The highest BCUT2D eigenvalue weighted by molar-refractivity contribution is 8.00. The van der Waals surface area contributed by atoms with Crippen LogP contribution in [0.4, 0.5) is 0 Å². The Morgan fingerprint density at radius 3 is 1.82 bits per heavy atom. The summed E-state index contributed by atoms with van der Waals surface area (Å²) in [5.74, 6) is 0. The predicted octanol–water partition coefficient (Wildman–Crippen LogP) is 5.86. The van der Waals surface area contributed by atoms with E-state index < -0.39 is 0 Å². The van der Waals surface area contributed by atoms with E-state index in [2.05, 4.69) is 36.4 Å². The van der Waals surface area contributed by atoms with Crippen LogP contribution in [0, 0.1) is 11.3 Å². The van der Waals surface area contributed by atoms with Crippen molar-refractivity contribution in [2.45, 2.75) is 19.6 Å². The maximum absolute atomic E-state index is 9.31. The van der Waals surface area contributed by atoms with Crippen LogP contribution in [0.1, 0.15) is 5.56 Å². The molecule has 0 saturated heterocycles. The number of nitriles is 1. The molecule has 3 rings (SSSR count). The number of hydrogen-bond acceptors (Lipinski definition) is 3. The molecule has 106 valence electrons. The fraction of sp³-hybridized carbons (Fsp3) is 0. The quantitative estimate of drug-likeness (QED) is 0.601. The summed E-state index contributed by atoms with van der Waals surface area (Å²) in [5, 5.41) is 9.31. The molecule has 0 radical (unpaired) electrons. The smallest absolute Gasteiger partial charge is 0.100 e. The third-order valence-electron chi connectivity index (χ3n) is 3.02. The minimum Gasteiger partial charge on any atom is -0.192 e. The van der Waals surface area contributed by atoms with E-state index in [1.54, 1.807) is 23.5 Å². The van der Waals surface area contributed by atoms with Crippen LogP contribution in [0.2, 0.25) is 0 Å². The summed E-state index contributed by atoms with van der Waals surface area (Å²) in [5.41, 5.74) is 0.714. The van der Waals surface area contributed by atoms with E-state index in [1.165, 1.54) is 4.90 Å². The van der Waals surface area contributed by atoms with E-state index in [1.807, 2.05) is 48.5 Å². The van der Waals surface area contributed by atoms with Crippen LogP contribution in [0.3, 0.4) is 0 Å². The number of benzene rings is 3. The Bertz CT molecular complexity index is 793. The second kappa shape index (κ2) is 7.22. The first-order valence-corrected chi connectivity index (χ1v) is 8.48. The van der Waals surface area contributed by atoms with Crippen molar-refractivity contribution in [1.29, 1.82) is 5.26 Å². The third kappa shape index (κ3) is 3.73. The molecule has 0 N–H and O–H groups in total. The van der Waals surface area contributed by atoms with Gasteiger partial charge in [-0.05, 0) is 42.5 Å². The Morgan fingerprint density at radius 1 is 0.636 bits per heavy atom. The SMILES string of the molecule is N#Cc1ccc(Sc2ccccc2)cc1Sc1ccccc1. The maximum Gasteiger partial charge on any atom is 0.100 e. The Kier molecular flexibility index (Phi) is 4.85. The van der Waals surface area contributed by atoms with E-state index in [0.717, 1.165) is 14.7 Å². The van der Waals surface area contributed by atoms with Gasteiger partial charge in [0.05, 0.1) is 5.56 Å². The van der Waals surface area contributed by atoms with Crippen molar-refractivity contribution >= 4 is 23.5 Å². The lowest BCUT2D eigenvalue weighted by Crippen LogP contribution is -1.83. The molecule has 0 amide bonds. The lowest BCUT2D eigenvalue weighted by molar-refractivity contribution is 1.27. The van der Waals surface area contributed by atoms with Gasteiger partial charge in [0.15, 0.2) is 0 Å². The molecule has 22 heavy (non-hydrogen) atoms. The third-order valence-corrected chi connectivity index (χ3v) is 5.09. The summed E-state index contributed by atoms with van der Waals surface area (Å²) in [6.45, 7) is 0. The maximum atomic E-state index is 9.31. The number of hydrogen-bond donors (Lipinski definition) is 0. The molecular weight excluding hydrogens is 306 g/mol. The molecule has 0 unspecified atom stereocenters. The molecule has 0 heterocycles. The normalized spacial score (nSPS) is 10.1. The zero-order valence-electron chi connectivity index (χ0n) is 11.8. The van der Waals surface area contributed by atoms with Crippen LogP contribution in [-0.4, -0.2) is 0 Å². The number of nitrogens with zero attached hydrogens (tertiary/aromatic N) is 1. The van der Waals surface area contributed by atoms with Crippen LogP contribution < -0.4 is 0 Å². The van der Waals surface area contributed by atoms with Crippen LogP contribution in [0.25, 0.3) is 0 Å². The van der Waals surface area contributed by atoms with Gasteiger partial charge >= 0.3 is 0 Å².